The number of carbonyl (C=O) groups excluding carboxylic acids is 1. The minimum atomic E-state index is -3.14. The van der Waals surface area contributed by atoms with Crippen molar-refractivity contribution in [2.45, 2.75) is 19.9 Å². The standard InChI is InChI=1S/C10H18N2O3S/c1-4-10(13)12-7-6-11(8-9(12)3)16(14,15)5-2/h4,9H,1,5-8H2,2-3H3/t9-/m1/s1. The molecule has 0 unspecified atom stereocenters. The van der Waals surface area contributed by atoms with Gasteiger partial charge in [-0.1, -0.05) is 6.58 Å². The average molecular weight is 246 g/mol. The molecule has 0 bridgehead atoms. The van der Waals surface area contributed by atoms with E-state index in [1.54, 1.807) is 11.8 Å². The molecule has 1 rings (SSSR count). The van der Waals surface area contributed by atoms with Crippen molar-refractivity contribution in [3.05, 3.63) is 12.7 Å². The second kappa shape index (κ2) is 4.97. The number of hydrogen-bond acceptors (Lipinski definition) is 3. The average Bonchev–Trinajstić information content (AvgIpc) is 2.28. The van der Waals surface area contributed by atoms with E-state index in [4.69, 9.17) is 0 Å². The first kappa shape index (κ1) is 13.2. The second-order valence-electron chi connectivity index (χ2n) is 3.84. The van der Waals surface area contributed by atoms with Crippen LogP contribution in [0.15, 0.2) is 12.7 Å². The Morgan fingerprint density at radius 3 is 2.56 bits per heavy atom. The molecule has 0 saturated carbocycles. The van der Waals surface area contributed by atoms with Crippen molar-refractivity contribution >= 4 is 15.9 Å². The highest BCUT2D eigenvalue weighted by atomic mass is 32.2. The first-order chi connectivity index (χ1) is 7.42. The molecular formula is C10H18N2O3S. The molecule has 1 atom stereocenters. The van der Waals surface area contributed by atoms with Crippen molar-refractivity contribution in [2.75, 3.05) is 25.4 Å². The Labute approximate surface area is 96.8 Å². The third-order valence-corrected chi connectivity index (χ3v) is 4.65. The van der Waals surface area contributed by atoms with Gasteiger partial charge in [-0.15, -0.1) is 0 Å². The fourth-order valence-electron chi connectivity index (χ4n) is 1.80. The summed E-state index contributed by atoms with van der Waals surface area (Å²) in [7, 11) is -3.14. The van der Waals surface area contributed by atoms with E-state index in [2.05, 4.69) is 6.58 Å². The lowest BCUT2D eigenvalue weighted by atomic mass is 10.2. The quantitative estimate of drug-likeness (QED) is 0.661. The molecule has 1 aliphatic heterocycles. The number of hydrogen-bond donors (Lipinski definition) is 0. The highest BCUT2D eigenvalue weighted by molar-refractivity contribution is 7.89. The summed E-state index contributed by atoms with van der Waals surface area (Å²) in [5.41, 5.74) is 0. The van der Waals surface area contributed by atoms with Gasteiger partial charge in [0, 0.05) is 25.7 Å². The first-order valence-electron chi connectivity index (χ1n) is 5.33. The zero-order chi connectivity index (χ0) is 12.3. The Kier molecular flexibility index (Phi) is 4.09. The molecule has 0 radical (unpaired) electrons. The number of carbonyl (C=O) groups is 1. The number of amides is 1. The summed E-state index contributed by atoms with van der Waals surface area (Å²) >= 11 is 0. The minimum Gasteiger partial charge on any atom is -0.334 e. The van der Waals surface area contributed by atoms with Gasteiger partial charge in [-0.3, -0.25) is 4.79 Å². The van der Waals surface area contributed by atoms with Gasteiger partial charge in [-0.05, 0) is 19.9 Å². The van der Waals surface area contributed by atoms with E-state index in [-0.39, 0.29) is 17.7 Å². The van der Waals surface area contributed by atoms with Crippen molar-refractivity contribution in [3.8, 4) is 0 Å². The fraction of sp³-hybridized carbons (Fsp3) is 0.700. The van der Waals surface area contributed by atoms with Crippen LogP contribution in [0.4, 0.5) is 0 Å². The van der Waals surface area contributed by atoms with Crippen LogP contribution in [0.25, 0.3) is 0 Å². The monoisotopic (exact) mass is 246 g/mol. The molecule has 1 fully saturated rings. The molecule has 0 N–H and O–H groups in total. The van der Waals surface area contributed by atoms with Crippen molar-refractivity contribution in [1.29, 1.82) is 0 Å². The van der Waals surface area contributed by atoms with E-state index >= 15 is 0 Å². The van der Waals surface area contributed by atoms with E-state index in [1.165, 1.54) is 10.4 Å². The van der Waals surface area contributed by atoms with Crippen molar-refractivity contribution < 1.29 is 13.2 Å². The lowest BCUT2D eigenvalue weighted by Crippen LogP contribution is -2.55. The topological polar surface area (TPSA) is 57.7 Å². The molecule has 1 amide bonds. The van der Waals surface area contributed by atoms with Crippen LogP contribution in [0.5, 0.6) is 0 Å². The summed E-state index contributed by atoms with van der Waals surface area (Å²) in [4.78, 5) is 13.1. The first-order valence-corrected chi connectivity index (χ1v) is 6.94. The molecular weight excluding hydrogens is 228 g/mol. The molecule has 5 nitrogen and oxygen atoms in total. The molecule has 1 saturated heterocycles. The molecule has 1 aliphatic rings. The minimum absolute atomic E-state index is 0.0967. The zero-order valence-electron chi connectivity index (χ0n) is 9.72. The predicted octanol–water partition coefficient (Wildman–Crippen LogP) is 0.0548. The van der Waals surface area contributed by atoms with Crippen LogP contribution in [-0.2, 0) is 14.8 Å². The third kappa shape index (κ3) is 2.62. The Balaban J connectivity index is 2.72. The fourth-order valence-corrected chi connectivity index (χ4v) is 2.97. The molecule has 0 aliphatic carbocycles. The molecule has 0 aromatic heterocycles. The Hall–Kier alpha value is -0.880. The Morgan fingerprint density at radius 2 is 2.12 bits per heavy atom. The molecule has 0 aromatic rings. The Bertz CT molecular complexity index is 378. The van der Waals surface area contributed by atoms with E-state index in [9.17, 15) is 13.2 Å². The number of nitrogens with zero attached hydrogens (tertiary/aromatic N) is 2. The van der Waals surface area contributed by atoms with Gasteiger partial charge >= 0.3 is 0 Å². The van der Waals surface area contributed by atoms with Gasteiger partial charge in [0.2, 0.25) is 15.9 Å². The molecule has 1 heterocycles. The summed E-state index contributed by atoms with van der Waals surface area (Å²) in [5.74, 6) is -0.0316. The lowest BCUT2D eigenvalue weighted by molar-refractivity contribution is -0.129. The molecule has 16 heavy (non-hydrogen) atoms. The maximum absolute atomic E-state index is 11.6. The van der Waals surface area contributed by atoms with E-state index < -0.39 is 10.0 Å². The number of rotatable bonds is 3. The highest BCUT2D eigenvalue weighted by Gasteiger charge is 2.31. The van der Waals surface area contributed by atoms with Crippen LogP contribution < -0.4 is 0 Å². The van der Waals surface area contributed by atoms with Crippen LogP contribution >= 0.6 is 0 Å². The van der Waals surface area contributed by atoms with Gasteiger partial charge in [0.1, 0.15) is 0 Å². The summed E-state index contributed by atoms with van der Waals surface area (Å²) in [5, 5.41) is 0. The summed E-state index contributed by atoms with van der Waals surface area (Å²) in [6.45, 7) is 8.09. The smallest absolute Gasteiger partial charge is 0.246 e. The third-order valence-electron chi connectivity index (χ3n) is 2.81. The van der Waals surface area contributed by atoms with Crippen molar-refractivity contribution in [1.82, 2.24) is 9.21 Å². The van der Waals surface area contributed by atoms with Crippen LogP contribution in [-0.4, -0.2) is 55.0 Å². The van der Waals surface area contributed by atoms with E-state index in [0.29, 0.717) is 19.6 Å². The maximum atomic E-state index is 11.6. The summed E-state index contributed by atoms with van der Waals surface area (Å²) in [6.07, 6.45) is 1.26. The number of piperazine rings is 1. The van der Waals surface area contributed by atoms with Gasteiger partial charge in [-0.25, -0.2) is 8.42 Å². The zero-order valence-corrected chi connectivity index (χ0v) is 10.5. The van der Waals surface area contributed by atoms with Crippen LogP contribution in [0.3, 0.4) is 0 Å². The lowest BCUT2D eigenvalue weighted by Gasteiger charge is -2.38. The second-order valence-corrected chi connectivity index (χ2v) is 6.10. The normalized spacial score (nSPS) is 23.1. The predicted molar refractivity (Wildman–Crippen MR) is 62.4 cm³/mol. The van der Waals surface area contributed by atoms with E-state index in [1.807, 2.05) is 6.92 Å². The molecule has 0 spiro atoms. The van der Waals surface area contributed by atoms with Crippen LogP contribution in [0.2, 0.25) is 0 Å². The van der Waals surface area contributed by atoms with Gasteiger partial charge in [-0.2, -0.15) is 4.31 Å². The molecule has 6 heteroatoms. The van der Waals surface area contributed by atoms with Crippen LogP contribution in [0.1, 0.15) is 13.8 Å². The van der Waals surface area contributed by atoms with E-state index in [0.717, 1.165) is 0 Å². The van der Waals surface area contributed by atoms with Gasteiger partial charge in [0.15, 0.2) is 0 Å². The molecule has 92 valence electrons. The highest BCUT2D eigenvalue weighted by Crippen LogP contribution is 2.13. The largest absolute Gasteiger partial charge is 0.334 e. The Morgan fingerprint density at radius 1 is 1.50 bits per heavy atom. The van der Waals surface area contributed by atoms with Gasteiger partial charge in [0.05, 0.1) is 5.75 Å². The maximum Gasteiger partial charge on any atom is 0.246 e. The summed E-state index contributed by atoms with van der Waals surface area (Å²) in [6, 6.07) is -0.0967. The van der Waals surface area contributed by atoms with Crippen LogP contribution in [0, 0.1) is 0 Å². The van der Waals surface area contributed by atoms with Gasteiger partial charge in [0.25, 0.3) is 0 Å². The summed E-state index contributed by atoms with van der Waals surface area (Å²) < 4.78 is 24.7. The van der Waals surface area contributed by atoms with Crippen molar-refractivity contribution in [2.24, 2.45) is 0 Å². The number of sulfonamides is 1. The van der Waals surface area contributed by atoms with Gasteiger partial charge < -0.3 is 4.90 Å². The molecule has 0 aromatic carbocycles. The SMILES string of the molecule is C=CC(=O)N1CCN(S(=O)(=O)CC)C[C@H]1C. The van der Waals surface area contributed by atoms with Crippen molar-refractivity contribution in [3.63, 3.8) is 0 Å².